The second-order valence-corrected chi connectivity index (χ2v) is 17.8. The molecule has 1 saturated heterocycles. The van der Waals surface area contributed by atoms with Crippen LogP contribution >= 0.6 is 0 Å². The fourth-order valence-electron chi connectivity index (χ4n) is 7.44. The minimum absolute atomic E-state index is 0.0203. The Morgan fingerprint density at radius 2 is 0.736 bits per heavy atom. The standard InChI is InChI=1S/C51H90O21/c1-8-9-10-11-12-13-14-15-16-17-18-19-20-21-22-62-36-51(39-68-42(4)54,37-63-29-27-58-23-25-60-31-33-65-40(2)52)38-64-30-28-59-24-26-61-32-34-66-50-49(71-45(7)57)48(70-44(6)56)47(69-43(5)55)46(72-50)35-67-41(3)53/h46-50H,8-39H2,1-7H3/t46-,47-,48+,49+,50+,51?/m1/s1. The molecule has 1 aliphatic rings. The van der Waals surface area contributed by atoms with Gasteiger partial charge in [0.25, 0.3) is 0 Å². The summed E-state index contributed by atoms with van der Waals surface area (Å²) in [4.78, 5) is 70.7. The van der Waals surface area contributed by atoms with Gasteiger partial charge in [-0.05, 0) is 6.42 Å². The van der Waals surface area contributed by atoms with Gasteiger partial charge in [0.15, 0.2) is 24.6 Å². The molecule has 0 amide bonds. The first kappa shape index (κ1) is 66.5. The van der Waals surface area contributed by atoms with E-state index in [1.807, 2.05) is 0 Å². The van der Waals surface area contributed by atoms with Crippen molar-refractivity contribution in [3.8, 4) is 0 Å². The van der Waals surface area contributed by atoms with Crippen LogP contribution in [0.4, 0.5) is 0 Å². The van der Waals surface area contributed by atoms with Crippen molar-refractivity contribution in [1.29, 1.82) is 0 Å². The molecule has 0 N–H and O–H groups in total. The number of hydrogen-bond acceptors (Lipinski definition) is 21. The van der Waals surface area contributed by atoms with Crippen molar-refractivity contribution in [3.63, 3.8) is 0 Å². The van der Waals surface area contributed by atoms with Crippen LogP contribution in [-0.2, 0) is 99.8 Å². The molecule has 72 heavy (non-hydrogen) atoms. The van der Waals surface area contributed by atoms with Gasteiger partial charge < -0.3 is 71.1 Å². The van der Waals surface area contributed by atoms with Crippen molar-refractivity contribution >= 4 is 35.8 Å². The van der Waals surface area contributed by atoms with Gasteiger partial charge in [-0.25, -0.2) is 0 Å². The number of esters is 6. The molecule has 0 saturated carbocycles. The zero-order valence-corrected chi connectivity index (χ0v) is 44.6. The molecule has 0 aromatic rings. The molecule has 1 fully saturated rings. The van der Waals surface area contributed by atoms with Gasteiger partial charge in [-0.1, -0.05) is 90.4 Å². The van der Waals surface area contributed by atoms with E-state index in [1.54, 1.807) is 0 Å². The van der Waals surface area contributed by atoms with Crippen LogP contribution in [0.5, 0.6) is 0 Å². The first-order chi connectivity index (χ1) is 34.7. The van der Waals surface area contributed by atoms with Crippen molar-refractivity contribution in [2.45, 2.75) is 169 Å². The molecule has 1 rings (SSSR count). The highest BCUT2D eigenvalue weighted by Gasteiger charge is 2.52. The zero-order valence-electron chi connectivity index (χ0n) is 44.6. The van der Waals surface area contributed by atoms with Crippen LogP contribution in [0.25, 0.3) is 0 Å². The molecule has 0 aromatic heterocycles. The highest BCUT2D eigenvalue weighted by atomic mass is 16.7. The van der Waals surface area contributed by atoms with Crippen molar-refractivity contribution in [3.05, 3.63) is 0 Å². The van der Waals surface area contributed by atoms with E-state index < -0.39 is 66.0 Å². The van der Waals surface area contributed by atoms with E-state index in [0.717, 1.165) is 40.0 Å². The van der Waals surface area contributed by atoms with Gasteiger partial charge in [-0.3, -0.25) is 28.8 Å². The third-order valence-electron chi connectivity index (χ3n) is 10.9. The topological polar surface area (TPSA) is 241 Å². The molecule has 420 valence electrons. The summed E-state index contributed by atoms with van der Waals surface area (Å²) < 4.78 is 84.2. The smallest absolute Gasteiger partial charge is 0.303 e. The third kappa shape index (κ3) is 36.4. The zero-order chi connectivity index (χ0) is 53.1. The van der Waals surface area contributed by atoms with Crippen molar-refractivity contribution in [2.24, 2.45) is 5.41 Å². The van der Waals surface area contributed by atoms with Crippen LogP contribution in [0, 0.1) is 5.41 Å². The van der Waals surface area contributed by atoms with Crippen LogP contribution in [0.2, 0.25) is 0 Å². The van der Waals surface area contributed by atoms with Gasteiger partial charge in [-0.2, -0.15) is 0 Å². The summed E-state index contributed by atoms with van der Waals surface area (Å²) in [5.41, 5.74) is -0.804. The first-order valence-corrected chi connectivity index (χ1v) is 25.9. The first-order valence-electron chi connectivity index (χ1n) is 25.9. The maximum atomic E-state index is 12.1. The Hall–Kier alpha value is -3.54. The summed E-state index contributed by atoms with van der Waals surface area (Å²) in [6.07, 6.45) is 11.2. The number of carbonyl (C=O) groups excluding carboxylic acids is 6. The number of hydrogen-bond donors (Lipinski definition) is 0. The monoisotopic (exact) mass is 1040 g/mol. The average Bonchev–Trinajstić information content (AvgIpc) is 3.32. The van der Waals surface area contributed by atoms with E-state index in [9.17, 15) is 28.8 Å². The summed E-state index contributed by atoms with van der Waals surface area (Å²) in [6.45, 7) is 12.8. The Labute approximate surface area is 428 Å². The fourth-order valence-corrected chi connectivity index (χ4v) is 7.44. The molecule has 0 bridgehead atoms. The van der Waals surface area contributed by atoms with Gasteiger partial charge in [0.05, 0.1) is 97.9 Å². The van der Waals surface area contributed by atoms with E-state index in [2.05, 4.69) is 6.92 Å². The average molecular weight is 1040 g/mol. The summed E-state index contributed by atoms with van der Waals surface area (Å²) in [6, 6.07) is 0. The number of ether oxygens (including phenoxy) is 15. The second kappa shape index (κ2) is 43.8. The molecule has 0 radical (unpaired) electrons. The fraction of sp³-hybridized carbons (Fsp3) is 0.882. The van der Waals surface area contributed by atoms with Gasteiger partial charge in [0.2, 0.25) is 0 Å². The molecule has 1 heterocycles. The predicted molar refractivity (Wildman–Crippen MR) is 260 cm³/mol. The minimum atomic E-state index is -1.35. The van der Waals surface area contributed by atoms with Crippen LogP contribution in [-0.4, -0.2) is 185 Å². The number of rotatable bonds is 47. The molecule has 21 heteroatoms. The van der Waals surface area contributed by atoms with Gasteiger partial charge in [0.1, 0.15) is 25.9 Å². The molecule has 21 nitrogen and oxygen atoms in total. The summed E-state index contributed by atoms with van der Waals surface area (Å²) in [7, 11) is 0. The molecular weight excluding hydrogens is 949 g/mol. The lowest BCUT2D eigenvalue weighted by molar-refractivity contribution is -0.309. The van der Waals surface area contributed by atoms with Crippen LogP contribution in [0.1, 0.15) is 138 Å². The Balaban J connectivity index is 2.65. The van der Waals surface area contributed by atoms with E-state index in [4.69, 9.17) is 71.1 Å². The SMILES string of the molecule is CCCCCCCCCCCCCCCCOCC(COCCOCCOCCOC(C)=O)(COCCOCCOCCO[C@H]1O[C@H](COC(C)=O)[C@@H](OC(C)=O)[C@H](OC(C)=O)[C@@H]1OC(C)=O)COC(C)=O. The lowest BCUT2D eigenvalue weighted by Gasteiger charge is -2.44. The van der Waals surface area contributed by atoms with Gasteiger partial charge in [0, 0.05) is 48.1 Å². The van der Waals surface area contributed by atoms with Crippen molar-refractivity contribution in [2.75, 3.05) is 119 Å². The molecule has 0 spiro atoms. The predicted octanol–water partition coefficient (Wildman–Crippen LogP) is 5.80. The molecule has 6 atom stereocenters. The molecule has 1 unspecified atom stereocenters. The van der Waals surface area contributed by atoms with Gasteiger partial charge in [-0.15, -0.1) is 0 Å². The number of carbonyl (C=O) groups is 6. The molecule has 0 aliphatic carbocycles. The summed E-state index contributed by atoms with van der Waals surface area (Å²) >= 11 is 0. The summed E-state index contributed by atoms with van der Waals surface area (Å²) in [5.74, 6) is -3.66. The number of unbranched alkanes of at least 4 members (excludes halogenated alkanes) is 13. The Morgan fingerprint density at radius 1 is 0.361 bits per heavy atom. The van der Waals surface area contributed by atoms with Crippen molar-refractivity contribution in [1.82, 2.24) is 0 Å². The summed E-state index contributed by atoms with van der Waals surface area (Å²) in [5, 5.41) is 0. The van der Waals surface area contributed by atoms with E-state index >= 15 is 0 Å². The lowest BCUT2D eigenvalue weighted by atomic mass is 9.92. The quantitative estimate of drug-likeness (QED) is 0.0398. The van der Waals surface area contributed by atoms with Gasteiger partial charge >= 0.3 is 35.8 Å². The van der Waals surface area contributed by atoms with Crippen molar-refractivity contribution < 1.29 is 99.8 Å². The van der Waals surface area contributed by atoms with Crippen LogP contribution < -0.4 is 0 Å². The molecular formula is C51H90O21. The Bertz CT molecular complexity index is 1430. The largest absolute Gasteiger partial charge is 0.465 e. The maximum absolute atomic E-state index is 12.1. The highest BCUT2D eigenvalue weighted by Crippen LogP contribution is 2.30. The molecule has 0 aromatic carbocycles. The maximum Gasteiger partial charge on any atom is 0.303 e. The van der Waals surface area contributed by atoms with E-state index in [0.29, 0.717) is 26.4 Å². The third-order valence-corrected chi connectivity index (χ3v) is 10.9. The minimum Gasteiger partial charge on any atom is -0.465 e. The second-order valence-electron chi connectivity index (χ2n) is 17.8. The Morgan fingerprint density at radius 3 is 1.18 bits per heavy atom. The molecule has 1 aliphatic heterocycles. The van der Waals surface area contributed by atoms with E-state index in [1.165, 1.54) is 91.4 Å². The lowest BCUT2D eigenvalue weighted by Crippen LogP contribution is -2.63. The van der Waals surface area contributed by atoms with Crippen LogP contribution in [0.15, 0.2) is 0 Å². The normalized spacial score (nSPS) is 18.5. The Kier molecular flexibility index (Phi) is 40.5. The van der Waals surface area contributed by atoms with Crippen LogP contribution in [0.3, 0.4) is 0 Å². The highest BCUT2D eigenvalue weighted by molar-refractivity contribution is 5.69. The van der Waals surface area contributed by atoms with E-state index in [-0.39, 0.29) is 98.5 Å².